The first-order valence-corrected chi connectivity index (χ1v) is 6.37. The Balaban J connectivity index is 0. The molecule has 0 spiro atoms. The molecule has 0 radical (unpaired) electrons. The van der Waals surface area contributed by atoms with Crippen molar-refractivity contribution in [1.82, 2.24) is 10.6 Å². The number of ether oxygens (including phenoxy) is 1. The summed E-state index contributed by atoms with van der Waals surface area (Å²) in [5, 5.41) is 6.50. The van der Waals surface area contributed by atoms with Crippen LogP contribution in [-0.4, -0.2) is 39.3 Å². The van der Waals surface area contributed by atoms with Crippen molar-refractivity contribution in [3.8, 4) is 0 Å². The Morgan fingerprint density at radius 2 is 1.76 bits per heavy atom. The maximum atomic E-state index is 5.24. The fraction of sp³-hybridized carbons (Fsp3) is 0.917. The minimum Gasteiger partial charge on any atom is -0.380 e. The number of unbranched alkanes of at least 4 members (excludes halogenated alkanes) is 3. The summed E-state index contributed by atoms with van der Waals surface area (Å²) >= 11 is 0. The van der Waals surface area contributed by atoms with Gasteiger partial charge in [-0.1, -0.05) is 26.2 Å². The van der Waals surface area contributed by atoms with Crippen molar-refractivity contribution in [3.05, 3.63) is 0 Å². The zero-order valence-corrected chi connectivity index (χ0v) is 13.8. The number of nitrogens with zero attached hydrogens (tertiary/aromatic N) is 1. The van der Waals surface area contributed by atoms with E-state index in [4.69, 9.17) is 4.74 Å². The molecule has 0 unspecified atom stereocenters. The van der Waals surface area contributed by atoms with Gasteiger partial charge >= 0.3 is 0 Å². The van der Waals surface area contributed by atoms with Crippen LogP contribution in [0.25, 0.3) is 0 Å². The van der Waals surface area contributed by atoms with Gasteiger partial charge < -0.3 is 15.4 Å². The molecular formula is C12H28IN3O. The molecule has 17 heavy (non-hydrogen) atoms. The minimum absolute atomic E-state index is 0. The number of guanidine groups is 1. The van der Waals surface area contributed by atoms with E-state index >= 15 is 0 Å². The summed E-state index contributed by atoms with van der Waals surface area (Å²) in [6.07, 6.45) is 5.10. The van der Waals surface area contributed by atoms with Crippen LogP contribution < -0.4 is 10.6 Å². The first kappa shape index (κ1) is 19.3. The normalized spacial score (nSPS) is 10.9. The highest BCUT2D eigenvalue weighted by Gasteiger charge is 1.95. The monoisotopic (exact) mass is 357 g/mol. The predicted molar refractivity (Wildman–Crippen MR) is 85.4 cm³/mol. The van der Waals surface area contributed by atoms with E-state index in [-0.39, 0.29) is 24.0 Å². The number of halogens is 1. The molecule has 0 rings (SSSR count). The van der Waals surface area contributed by atoms with Gasteiger partial charge in [0.2, 0.25) is 0 Å². The zero-order chi connectivity index (χ0) is 12.1. The Morgan fingerprint density at radius 3 is 2.35 bits per heavy atom. The summed E-state index contributed by atoms with van der Waals surface area (Å²) in [6.45, 7) is 7.52. The molecule has 2 N–H and O–H groups in total. The van der Waals surface area contributed by atoms with Crippen molar-refractivity contribution in [2.75, 3.05) is 33.4 Å². The van der Waals surface area contributed by atoms with E-state index in [9.17, 15) is 0 Å². The summed E-state index contributed by atoms with van der Waals surface area (Å²) in [4.78, 5) is 4.14. The van der Waals surface area contributed by atoms with Crippen LogP contribution in [0.3, 0.4) is 0 Å². The molecule has 0 aromatic rings. The molecule has 0 aliphatic heterocycles. The fourth-order valence-corrected chi connectivity index (χ4v) is 1.37. The van der Waals surface area contributed by atoms with E-state index in [0.29, 0.717) is 0 Å². The molecule has 0 aliphatic rings. The Labute approximate surface area is 123 Å². The highest BCUT2D eigenvalue weighted by atomic mass is 127. The quantitative estimate of drug-likeness (QED) is 0.288. The molecule has 0 atom stereocenters. The lowest BCUT2D eigenvalue weighted by Crippen LogP contribution is -2.39. The highest BCUT2D eigenvalue weighted by Crippen LogP contribution is 1.96. The lowest BCUT2D eigenvalue weighted by atomic mass is 10.2. The van der Waals surface area contributed by atoms with E-state index < -0.39 is 0 Å². The average Bonchev–Trinajstić information content (AvgIpc) is 2.31. The third kappa shape index (κ3) is 13.9. The standard InChI is InChI=1S/C12H27N3O.HI/c1-4-6-7-8-9-14-12(13-3)15-10-11-16-5-2;/h4-11H2,1-3H3,(H2,13,14,15);1H. The number of nitrogens with one attached hydrogen (secondary N) is 2. The summed E-state index contributed by atoms with van der Waals surface area (Å²) in [7, 11) is 1.79. The topological polar surface area (TPSA) is 45.7 Å². The number of hydrogen-bond donors (Lipinski definition) is 2. The third-order valence-electron chi connectivity index (χ3n) is 2.29. The van der Waals surface area contributed by atoms with Crippen molar-refractivity contribution in [2.45, 2.75) is 39.5 Å². The average molecular weight is 357 g/mol. The van der Waals surface area contributed by atoms with Crippen molar-refractivity contribution < 1.29 is 4.74 Å². The lowest BCUT2D eigenvalue weighted by molar-refractivity contribution is 0.152. The molecule has 5 heteroatoms. The third-order valence-corrected chi connectivity index (χ3v) is 2.29. The van der Waals surface area contributed by atoms with Crippen LogP contribution >= 0.6 is 24.0 Å². The second-order valence-corrected chi connectivity index (χ2v) is 3.68. The van der Waals surface area contributed by atoms with E-state index in [2.05, 4.69) is 22.5 Å². The number of hydrogen-bond acceptors (Lipinski definition) is 2. The van der Waals surface area contributed by atoms with Gasteiger partial charge in [0, 0.05) is 26.7 Å². The molecule has 104 valence electrons. The van der Waals surface area contributed by atoms with Gasteiger partial charge in [-0.25, -0.2) is 0 Å². The van der Waals surface area contributed by atoms with Crippen LogP contribution in [0.15, 0.2) is 4.99 Å². The first-order chi connectivity index (χ1) is 7.85. The van der Waals surface area contributed by atoms with Crippen molar-refractivity contribution in [2.24, 2.45) is 4.99 Å². The molecule has 4 nitrogen and oxygen atoms in total. The van der Waals surface area contributed by atoms with Gasteiger partial charge in [0.05, 0.1) is 6.61 Å². The Kier molecular flexibility index (Phi) is 18.1. The van der Waals surface area contributed by atoms with Gasteiger partial charge in [0.15, 0.2) is 5.96 Å². The summed E-state index contributed by atoms with van der Waals surface area (Å²) in [5.41, 5.74) is 0. The number of aliphatic imine (C=N–C) groups is 1. The predicted octanol–water partition coefficient (Wildman–Crippen LogP) is 2.39. The van der Waals surface area contributed by atoms with Gasteiger partial charge in [0.1, 0.15) is 0 Å². The molecule has 0 aromatic carbocycles. The fourth-order valence-electron chi connectivity index (χ4n) is 1.37. The van der Waals surface area contributed by atoms with E-state index in [1.54, 1.807) is 7.05 Å². The van der Waals surface area contributed by atoms with Crippen LogP contribution in [0.5, 0.6) is 0 Å². The molecule has 0 aromatic heterocycles. The maximum Gasteiger partial charge on any atom is 0.191 e. The van der Waals surface area contributed by atoms with Crippen LogP contribution in [0, 0.1) is 0 Å². The molecule has 0 saturated heterocycles. The minimum atomic E-state index is 0. The number of rotatable bonds is 9. The first-order valence-electron chi connectivity index (χ1n) is 6.37. The smallest absolute Gasteiger partial charge is 0.191 e. The maximum absolute atomic E-state index is 5.24. The Hall–Kier alpha value is -0.0400. The van der Waals surface area contributed by atoms with E-state index in [1.165, 1.54) is 25.7 Å². The summed E-state index contributed by atoms with van der Waals surface area (Å²) in [5.74, 6) is 0.871. The van der Waals surface area contributed by atoms with Crippen LogP contribution in [0.1, 0.15) is 39.5 Å². The van der Waals surface area contributed by atoms with Gasteiger partial charge in [-0.05, 0) is 13.3 Å². The highest BCUT2D eigenvalue weighted by molar-refractivity contribution is 14.0. The van der Waals surface area contributed by atoms with Crippen LogP contribution in [-0.2, 0) is 4.74 Å². The van der Waals surface area contributed by atoms with E-state index in [1.807, 2.05) is 6.92 Å². The van der Waals surface area contributed by atoms with Gasteiger partial charge in [0.25, 0.3) is 0 Å². The molecule has 0 amide bonds. The summed E-state index contributed by atoms with van der Waals surface area (Å²) in [6, 6.07) is 0. The molecule has 0 aliphatic carbocycles. The molecular weight excluding hydrogens is 329 g/mol. The van der Waals surface area contributed by atoms with Crippen LogP contribution in [0.2, 0.25) is 0 Å². The van der Waals surface area contributed by atoms with Crippen molar-refractivity contribution in [3.63, 3.8) is 0 Å². The Bertz CT molecular complexity index is 177. The molecule has 0 bridgehead atoms. The van der Waals surface area contributed by atoms with E-state index in [0.717, 1.165) is 32.3 Å². The second-order valence-electron chi connectivity index (χ2n) is 3.68. The van der Waals surface area contributed by atoms with Crippen molar-refractivity contribution in [1.29, 1.82) is 0 Å². The summed E-state index contributed by atoms with van der Waals surface area (Å²) < 4.78 is 5.24. The van der Waals surface area contributed by atoms with Crippen LogP contribution in [0.4, 0.5) is 0 Å². The zero-order valence-electron chi connectivity index (χ0n) is 11.4. The lowest BCUT2D eigenvalue weighted by Gasteiger charge is -2.11. The SMILES string of the molecule is CCCCCCNC(=NC)NCCOCC.I. The molecule has 0 fully saturated rings. The largest absolute Gasteiger partial charge is 0.380 e. The molecule has 0 heterocycles. The van der Waals surface area contributed by atoms with Gasteiger partial charge in [-0.15, -0.1) is 24.0 Å². The molecule has 0 saturated carbocycles. The Morgan fingerprint density at radius 1 is 1.06 bits per heavy atom. The van der Waals surface area contributed by atoms with Gasteiger partial charge in [-0.3, -0.25) is 4.99 Å². The second kappa shape index (κ2) is 16.0. The van der Waals surface area contributed by atoms with Crippen molar-refractivity contribution >= 4 is 29.9 Å². The van der Waals surface area contributed by atoms with Gasteiger partial charge in [-0.2, -0.15) is 0 Å².